The lowest BCUT2D eigenvalue weighted by Gasteiger charge is -2.18. The second-order valence-corrected chi connectivity index (χ2v) is 7.24. The first-order valence-electron chi connectivity index (χ1n) is 9.72. The minimum atomic E-state index is -0.0192. The molecule has 0 radical (unpaired) electrons. The van der Waals surface area contributed by atoms with Gasteiger partial charge in [-0.25, -0.2) is 0 Å². The molecule has 0 atom stereocenters. The summed E-state index contributed by atoms with van der Waals surface area (Å²) >= 11 is 0. The fourth-order valence-corrected chi connectivity index (χ4v) is 3.31. The molecule has 0 saturated heterocycles. The number of phenolic OH excluding ortho intramolecular Hbond substituents is 2. The molecule has 1 heterocycles. The van der Waals surface area contributed by atoms with Gasteiger partial charge >= 0.3 is 0 Å². The minimum absolute atomic E-state index is 0.0192. The molecule has 6 nitrogen and oxygen atoms in total. The molecule has 6 heteroatoms. The van der Waals surface area contributed by atoms with Crippen molar-refractivity contribution in [3.8, 4) is 28.6 Å². The quantitative estimate of drug-likeness (QED) is 0.639. The molecule has 0 aliphatic heterocycles. The Morgan fingerprint density at radius 1 is 1.00 bits per heavy atom. The summed E-state index contributed by atoms with van der Waals surface area (Å²) in [5, 5.41) is 28.8. The van der Waals surface area contributed by atoms with Gasteiger partial charge in [0.15, 0.2) is 5.82 Å². The van der Waals surface area contributed by atoms with Gasteiger partial charge in [-0.1, -0.05) is 39.8 Å². The van der Waals surface area contributed by atoms with Crippen LogP contribution in [-0.4, -0.2) is 43.0 Å². The summed E-state index contributed by atoms with van der Waals surface area (Å²) in [5.74, 6) is 0.725. The van der Waals surface area contributed by atoms with Crippen molar-refractivity contribution in [2.75, 3.05) is 13.1 Å². The van der Waals surface area contributed by atoms with E-state index < -0.39 is 0 Å². The van der Waals surface area contributed by atoms with E-state index in [9.17, 15) is 10.2 Å². The Hall–Kier alpha value is -2.86. The maximum Gasteiger partial charge on any atom is 0.172 e. The van der Waals surface area contributed by atoms with E-state index >= 15 is 0 Å². The first-order chi connectivity index (χ1) is 13.4. The van der Waals surface area contributed by atoms with Crippen molar-refractivity contribution in [2.24, 2.45) is 0 Å². The van der Waals surface area contributed by atoms with Crippen molar-refractivity contribution in [3.05, 3.63) is 53.9 Å². The van der Waals surface area contributed by atoms with Crippen LogP contribution >= 0.6 is 0 Å². The number of phenols is 2. The molecule has 0 aliphatic rings. The molecule has 1 aromatic heterocycles. The van der Waals surface area contributed by atoms with Gasteiger partial charge in [0.2, 0.25) is 0 Å². The van der Waals surface area contributed by atoms with E-state index in [1.165, 1.54) is 11.6 Å². The molecule has 0 spiro atoms. The number of aromatic hydroxyl groups is 2. The third-order valence-electron chi connectivity index (χ3n) is 5.07. The average Bonchev–Trinajstić information content (AvgIpc) is 3.15. The van der Waals surface area contributed by atoms with E-state index in [0.29, 0.717) is 11.4 Å². The summed E-state index contributed by atoms with van der Waals surface area (Å²) in [6.45, 7) is 11.3. The minimum Gasteiger partial charge on any atom is -0.508 e. The van der Waals surface area contributed by atoms with Crippen molar-refractivity contribution in [3.63, 3.8) is 0 Å². The maximum atomic E-state index is 10.4. The third-order valence-corrected chi connectivity index (χ3v) is 5.07. The van der Waals surface area contributed by atoms with Gasteiger partial charge in [0, 0.05) is 18.3 Å². The average molecular weight is 380 g/mol. The molecule has 28 heavy (non-hydrogen) atoms. The van der Waals surface area contributed by atoms with Gasteiger partial charge in [-0.2, -0.15) is 0 Å². The normalized spacial score (nSPS) is 11.5. The van der Waals surface area contributed by atoms with Crippen LogP contribution in [0.25, 0.3) is 17.1 Å². The van der Waals surface area contributed by atoms with E-state index in [1.54, 1.807) is 12.4 Å². The van der Waals surface area contributed by atoms with Gasteiger partial charge in [-0.3, -0.25) is 9.47 Å². The molecule has 0 saturated carbocycles. The van der Waals surface area contributed by atoms with E-state index in [0.717, 1.165) is 30.9 Å². The molecule has 3 aromatic rings. The summed E-state index contributed by atoms with van der Waals surface area (Å²) in [4.78, 5) is 2.36. The van der Waals surface area contributed by atoms with Crippen molar-refractivity contribution in [1.29, 1.82) is 0 Å². The fraction of sp³-hybridized carbons (Fsp3) is 0.364. The molecule has 148 valence electrons. The summed E-state index contributed by atoms with van der Waals surface area (Å²) in [7, 11) is 0. The Morgan fingerprint density at radius 3 is 2.29 bits per heavy atom. The topological polar surface area (TPSA) is 74.4 Å². The molecule has 0 unspecified atom stereocenters. The molecule has 3 rings (SSSR count). The zero-order chi connectivity index (χ0) is 20.3. The van der Waals surface area contributed by atoms with Crippen LogP contribution < -0.4 is 0 Å². The van der Waals surface area contributed by atoms with Gasteiger partial charge in [0.25, 0.3) is 0 Å². The lowest BCUT2D eigenvalue weighted by atomic mass is 9.98. The highest BCUT2D eigenvalue weighted by Crippen LogP contribution is 2.37. The highest BCUT2D eigenvalue weighted by Gasteiger charge is 2.18. The lowest BCUT2D eigenvalue weighted by molar-refractivity contribution is 0.296. The Bertz CT molecular complexity index is 928. The molecule has 0 aliphatic carbocycles. The van der Waals surface area contributed by atoms with Crippen molar-refractivity contribution >= 4 is 0 Å². The summed E-state index contributed by atoms with van der Waals surface area (Å²) < 4.78 is 1.84. The number of benzene rings is 2. The molecular weight excluding hydrogens is 352 g/mol. The highest BCUT2D eigenvalue weighted by molar-refractivity contribution is 5.69. The second-order valence-electron chi connectivity index (χ2n) is 7.24. The number of hydrogen-bond acceptors (Lipinski definition) is 5. The number of nitrogens with zero attached hydrogens (tertiary/aromatic N) is 4. The van der Waals surface area contributed by atoms with Crippen LogP contribution in [-0.2, 0) is 6.54 Å². The Morgan fingerprint density at radius 2 is 1.68 bits per heavy atom. The number of aromatic nitrogens is 3. The maximum absolute atomic E-state index is 10.4. The van der Waals surface area contributed by atoms with Crippen LogP contribution in [0.4, 0.5) is 0 Å². The predicted molar refractivity (Wildman–Crippen MR) is 111 cm³/mol. The van der Waals surface area contributed by atoms with Crippen LogP contribution in [0.1, 0.15) is 44.7 Å². The highest BCUT2D eigenvalue weighted by atomic mass is 16.3. The molecule has 2 N–H and O–H groups in total. The molecular formula is C22H28N4O2. The van der Waals surface area contributed by atoms with E-state index in [2.05, 4.69) is 41.1 Å². The van der Waals surface area contributed by atoms with Crippen LogP contribution in [0.5, 0.6) is 11.5 Å². The molecule has 2 aromatic carbocycles. The summed E-state index contributed by atoms with van der Waals surface area (Å²) in [6.07, 6.45) is 1.63. The van der Waals surface area contributed by atoms with Crippen molar-refractivity contribution < 1.29 is 10.2 Å². The predicted octanol–water partition coefficient (Wildman–Crippen LogP) is 4.31. The molecule has 0 bridgehead atoms. The van der Waals surface area contributed by atoms with E-state index in [-0.39, 0.29) is 17.4 Å². The zero-order valence-corrected chi connectivity index (χ0v) is 16.9. The number of hydrogen-bond donors (Lipinski definition) is 2. The van der Waals surface area contributed by atoms with E-state index in [4.69, 9.17) is 0 Å². The van der Waals surface area contributed by atoms with E-state index in [1.807, 2.05) is 30.5 Å². The first kappa shape index (κ1) is 19.9. The van der Waals surface area contributed by atoms with Crippen LogP contribution in [0.15, 0.2) is 42.7 Å². The van der Waals surface area contributed by atoms with Gasteiger partial charge in [-0.05, 0) is 48.3 Å². The summed E-state index contributed by atoms with van der Waals surface area (Å²) in [5.41, 5.74) is 3.47. The number of rotatable bonds is 7. The van der Waals surface area contributed by atoms with Crippen molar-refractivity contribution in [1.82, 2.24) is 19.7 Å². The molecule has 0 amide bonds. The monoisotopic (exact) mass is 380 g/mol. The van der Waals surface area contributed by atoms with Crippen LogP contribution in [0, 0.1) is 0 Å². The zero-order valence-electron chi connectivity index (χ0n) is 16.9. The fourth-order valence-electron chi connectivity index (χ4n) is 3.31. The van der Waals surface area contributed by atoms with Crippen LogP contribution in [0.3, 0.4) is 0 Å². The smallest absolute Gasteiger partial charge is 0.172 e. The van der Waals surface area contributed by atoms with Gasteiger partial charge in [0.1, 0.15) is 17.8 Å². The summed E-state index contributed by atoms with van der Waals surface area (Å²) in [6, 6.07) is 11.4. The Kier molecular flexibility index (Phi) is 5.99. The first-order valence-corrected chi connectivity index (χ1v) is 9.72. The lowest BCUT2D eigenvalue weighted by Crippen LogP contribution is -2.22. The van der Waals surface area contributed by atoms with Gasteiger partial charge in [0.05, 0.1) is 5.56 Å². The van der Waals surface area contributed by atoms with Crippen LogP contribution in [0.2, 0.25) is 0 Å². The van der Waals surface area contributed by atoms with Gasteiger partial charge in [-0.15, -0.1) is 10.2 Å². The Labute approximate surface area is 166 Å². The molecule has 0 fully saturated rings. The standard InChI is InChI=1S/C22H28N4O2/c1-5-25(6-2)13-16-7-9-17(10-8-16)26-14-23-24-22(26)19-11-18(15(3)4)20(27)12-21(19)28/h7-12,14-15,27-28H,5-6,13H2,1-4H3. The second kappa shape index (κ2) is 8.44. The third kappa shape index (κ3) is 4.02. The van der Waals surface area contributed by atoms with Gasteiger partial charge < -0.3 is 10.2 Å². The largest absolute Gasteiger partial charge is 0.508 e. The SMILES string of the molecule is CCN(CC)Cc1ccc(-n2cnnc2-c2cc(C(C)C)c(O)cc2O)cc1. The Balaban J connectivity index is 1.96. The van der Waals surface area contributed by atoms with Crippen molar-refractivity contribution in [2.45, 2.75) is 40.2 Å².